The van der Waals surface area contributed by atoms with Crippen molar-refractivity contribution in [2.75, 3.05) is 47.8 Å². The SMILES string of the molecule is CC=[N-].CC=[N-].CC=[N-].CC=[N-].CN1C=CN(c2cc(=O)cc(N3C=CN(C)[CH-]3)[n-]2)[CH-]1.CN1C=CN(c2cc(O)cc(N3C=CN(C)[CH-]3)n2)[CH-]1.[Cl][Ru].[Cl][Ru]. The number of hydrogen-bond acceptors (Lipinski definition) is 11. The molecular formula is C34H45Cl2N14O2Ru2-9. The molecule has 302 valence electrons. The zero-order chi connectivity index (χ0) is 41.6. The molecule has 0 bridgehead atoms. The van der Waals surface area contributed by atoms with Crippen LogP contribution in [0.25, 0.3) is 21.6 Å². The van der Waals surface area contributed by atoms with Crippen molar-refractivity contribution in [1.29, 1.82) is 0 Å². The second kappa shape index (κ2) is 31.1. The van der Waals surface area contributed by atoms with Crippen LogP contribution in [0.4, 0.5) is 23.3 Å². The average molecular weight is 955 g/mol. The molecule has 0 saturated carbocycles. The van der Waals surface area contributed by atoms with Gasteiger partial charge >= 0.3 is 54.0 Å². The van der Waals surface area contributed by atoms with Crippen LogP contribution in [0.15, 0.2) is 78.7 Å². The van der Waals surface area contributed by atoms with Gasteiger partial charge in [0.25, 0.3) is 0 Å². The van der Waals surface area contributed by atoms with Crippen molar-refractivity contribution in [1.82, 2.24) is 29.6 Å². The van der Waals surface area contributed by atoms with Gasteiger partial charge in [-0.05, 0) is 89.2 Å². The average Bonchev–Trinajstić information content (AvgIpc) is 3.97. The number of pyridine rings is 2. The molecule has 54 heavy (non-hydrogen) atoms. The minimum atomic E-state index is -0.0623. The molecule has 0 aromatic carbocycles. The van der Waals surface area contributed by atoms with Crippen LogP contribution < -0.4 is 30.0 Å². The first-order valence-electron chi connectivity index (χ1n) is 15.4. The molecule has 20 heteroatoms. The molecule has 0 atom stereocenters. The summed E-state index contributed by atoms with van der Waals surface area (Å²) in [7, 11) is 16.9. The Kier molecular flexibility index (Phi) is 29.9. The summed E-state index contributed by atoms with van der Waals surface area (Å²) in [4.78, 5) is 35.8. The van der Waals surface area contributed by atoms with Crippen molar-refractivity contribution in [3.63, 3.8) is 0 Å². The maximum absolute atomic E-state index is 11.8. The van der Waals surface area contributed by atoms with E-state index in [0.717, 1.165) is 24.9 Å². The Labute approximate surface area is 348 Å². The van der Waals surface area contributed by atoms with Crippen LogP contribution in [0.1, 0.15) is 27.7 Å². The maximum atomic E-state index is 11.8. The van der Waals surface area contributed by atoms with Crippen molar-refractivity contribution in [2.24, 2.45) is 0 Å². The van der Waals surface area contributed by atoms with Gasteiger partial charge in [0.2, 0.25) is 0 Å². The molecule has 4 aliphatic rings. The van der Waals surface area contributed by atoms with Crippen LogP contribution >= 0.6 is 19.4 Å². The summed E-state index contributed by atoms with van der Waals surface area (Å²) in [5, 5.41) is 39.6. The standard InChI is InChI=1S/2C13H15N5O.4C2H4N.2ClH.2Ru/c2*1-15-3-5-17(9-15)12-7-11(19)8-13(14-12)18-6-4-16(2)10-18;4*1-2-3;;;;/h2*3-10H,1-2H3,(H,14,19);4*2H,1H3;2*1H;;/q2*-2;4*-1;;;2*+1/p-3. The van der Waals surface area contributed by atoms with Gasteiger partial charge in [-0.25, -0.2) is 43.2 Å². The number of aromatic hydroxyl groups is 1. The van der Waals surface area contributed by atoms with Crippen LogP contribution in [-0.2, 0) is 34.6 Å². The summed E-state index contributed by atoms with van der Waals surface area (Å²) in [5.41, 5.74) is -0.0623. The molecule has 0 fully saturated rings. The monoisotopic (exact) mass is 955 g/mol. The Bertz CT molecular complexity index is 1450. The topological polar surface area (TPSA) is 179 Å². The van der Waals surface area contributed by atoms with Crippen molar-refractivity contribution < 1.29 is 39.7 Å². The fourth-order valence-corrected chi connectivity index (χ4v) is 3.84. The summed E-state index contributed by atoms with van der Waals surface area (Å²) < 4.78 is 0. The van der Waals surface area contributed by atoms with Crippen LogP contribution in [0.5, 0.6) is 5.75 Å². The second-order valence-electron chi connectivity index (χ2n) is 10.0. The van der Waals surface area contributed by atoms with E-state index >= 15 is 0 Å². The van der Waals surface area contributed by atoms with Gasteiger partial charge in [0, 0.05) is 12.1 Å². The zero-order valence-electron chi connectivity index (χ0n) is 31.1. The fraction of sp³-hybridized carbons (Fsp3) is 0.235. The molecule has 16 nitrogen and oxygen atoms in total. The van der Waals surface area contributed by atoms with Gasteiger partial charge in [0.1, 0.15) is 17.4 Å². The Hall–Kier alpha value is -4.23. The van der Waals surface area contributed by atoms with Gasteiger partial charge in [0.05, 0.1) is 0 Å². The molecule has 0 spiro atoms. The Morgan fingerprint density at radius 2 is 0.833 bits per heavy atom. The van der Waals surface area contributed by atoms with E-state index < -0.39 is 0 Å². The molecule has 6 heterocycles. The van der Waals surface area contributed by atoms with E-state index in [1.165, 1.54) is 12.1 Å². The van der Waals surface area contributed by atoms with Crippen LogP contribution in [0, 0.1) is 26.7 Å². The van der Waals surface area contributed by atoms with Crippen LogP contribution in [0.3, 0.4) is 0 Å². The quantitative estimate of drug-likeness (QED) is 0.211. The Morgan fingerprint density at radius 1 is 0.574 bits per heavy atom. The molecule has 4 aliphatic heterocycles. The number of anilines is 4. The van der Waals surface area contributed by atoms with Gasteiger partial charge in [-0.2, -0.15) is 0 Å². The normalized spacial score (nSPS) is 13.9. The third-order valence-corrected chi connectivity index (χ3v) is 5.69. The number of aromatic nitrogens is 2. The second-order valence-corrected chi connectivity index (χ2v) is 10.0. The molecular weight excluding hydrogens is 910 g/mol. The molecule has 2 aromatic rings. The van der Waals surface area contributed by atoms with Crippen molar-refractivity contribution >= 4 is 67.5 Å². The Morgan fingerprint density at radius 3 is 1.07 bits per heavy atom. The third kappa shape index (κ3) is 20.3. The fourth-order valence-electron chi connectivity index (χ4n) is 3.84. The summed E-state index contributed by atoms with van der Waals surface area (Å²) >= 11 is 3.64. The summed E-state index contributed by atoms with van der Waals surface area (Å²) in [6.07, 6.45) is 19.1. The van der Waals surface area contributed by atoms with Crippen molar-refractivity contribution in [3.8, 4) is 5.75 Å². The minimum absolute atomic E-state index is 0.0623. The van der Waals surface area contributed by atoms with Gasteiger partial charge in [0.15, 0.2) is 5.43 Å². The molecule has 0 unspecified atom stereocenters. The zero-order valence-corrected chi connectivity index (χ0v) is 36.1. The van der Waals surface area contributed by atoms with E-state index in [0.29, 0.717) is 23.3 Å². The van der Waals surface area contributed by atoms with Gasteiger partial charge in [-0.3, -0.25) is 4.79 Å². The van der Waals surface area contributed by atoms with Crippen molar-refractivity contribution in [2.45, 2.75) is 27.7 Å². The third-order valence-electron chi connectivity index (χ3n) is 5.69. The van der Waals surface area contributed by atoms with Gasteiger partial charge < -0.3 is 70.9 Å². The molecule has 6 rings (SSSR count). The summed E-state index contributed by atoms with van der Waals surface area (Å²) in [6.45, 7) is 13.7. The first kappa shape index (κ1) is 51.9. The molecule has 2 aromatic heterocycles. The number of nitrogens with zero attached hydrogens (tertiary/aromatic N) is 14. The molecule has 0 radical (unpaired) electrons. The van der Waals surface area contributed by atoms with Gasteiger partial charge in [-0.1, -0.05) is 40.1 Å². The van der Waals surface area contributed by atoms with E-state index in [2.05, 4.69) is 29.4 Å². The molecule has 0 saturated heterocycles. The first-order chi connectivity index (χ1) is 25.9. The molecule has 0 amide bonds. The predicted octanol–water partition coefficient (Wildman–Crippen LogP) is 6.12. The van der Waals surface area contributed by atoms with E-state index in [1.54, 1.807) is 39.8 Å². The number of halogens is 2. The number of rotatable bonds is 4. The number of hydrogen-bond donors (Lipinski definition) is 1. The Balaban J connectivity index is 0. The molecule has 1 N–H and O–H groups in total. The summed E-state index contributed by atoms with van der Waals surface area (Å²) in [6, 6.07) is 6.31. The van der Waals surface area contributed by atoms with E-state index in [4.69, 9.17) is 21.6 Å². The summed E-state index contributed by atoms with van der Waals surface area (Å²) in [5.74, 6) is 2.76. The van der Waals surface area contributed by atoms with Crippen LogP contribution in [0.2, 0.25) is 0 Å². The van der Waals surface area contributed by atoms with Gasteiger partial charge in [-0.15, -0.1) is 13.3 Å². The van der Waals surface area contributed by atoms with Crippen molar-refractivity contribution in [3.05, 3.63) is 132 Å². The van der Waals surface area contributed by atoms with E-state index in [-0.39, 0.29) is 11.2 Å². The van der Waals surface area contributed by atoms with E-state index in [1.807, 2.05) is 178 Å². The predicted molar refractivity (Wildman–Crippen MR) is 219 cm³/mol. The van der Waals surface area contributed by atoms with Crippen LogP contribution in [-0.4, -0.2) is 82.7 Å². The first-order valence-corrected chi connectivity index (χ1v) is 19.9. The molecule has 0 aliphatic carbocycles. The van der Waals surface area contributed by atoms with E-state index in [9.17, 15) is 9.90 Å².